The minimum absolute atomic E-state index is 0.00408. The highest BCUT2D eigenvalue weighted by Crippen LogP contribution is 2.11. The zero-order valence-electron chi connectivity index (χ0n) is 8.03. The topological polar surface area (TPSA) is 83.5 Å². The number of aliphatic hydroxyl groups is 1. The van der Waals surface area contributed by atoms with Crippen LogP contribution in [0, 0.1) is 0 Å². The Bertz CT molecular complexity index is 197. The molecule has 0 heterocycles. The average Bonchev–Trinajstić information content (AvgIpc) is 1.97. The molecule has 13 heavy (non-hydrogen) atoms. The van der Waals surface area contributed by atoms with Crippen molar-refractivity contribution in [1.29, 1.82) is 0 Å². The molecule has 0 aliphatic heterocycles. The molecule has 2 unspecified atom stereocenters. The predicted octanol–water partition coefficient (Wildman–Crippen LogP) is 0.506. The molecule has 0 rings (SSSR count). The van der Waals surface area contributed by atoms with E-state index in [4.69, 9.17) is 10.8 Å². The van der Waals surface area contributed by atoms with E-state index in [0.717, 1.165) is 0 Å². The van der Waals surface area contributed by atoms with Crippen LogP contribution in [0.2, 0.25) is 0 Å². The summed E-state index contributed by atoms with van der Waals surface area (Å²) in [6, 6.07) is 0. The molecule has 4 N–H and O–H groups in total. The van der Waals surface area contributed by atoms with Crippen molar-refractivity contribution >= 4 is 5.97 Å². The summed E-state index contributed by atoms with van der Waals surface area (Å²) in [5.74, 6) is -0.868. The molecule has 76 valence electrons. The van der Waals surface area contributed by atoms with Crippen LogP contribution >= 0.6 is 0 Å². The number of rotatable bonds is 5. The van der Waals surface area contributed by atoms with Crippen molar-refractivity contribution in [3.8, 4) is 0 Å². The summed E-state index contributed by atoms with van der Waals surface area (Å²) in [5.41, 5.74) is 5.04. The van der Waals surface area contributed by atoms with E-state index >= 15 is 0 Å². The first kappa shape index (κ1) is 12.1. The SMILES string of the molecule is CC(O)C(C)(N)C/C=C/CC(=O)O. The third kappa shape index (κ3) is 5.38. The minimum Gasteiger partial charge on any atom is -0.481 e. The van der Waals surface area contributed by atoms with Gasteiger partial charge in [0.15, 0.2) is 0 Å². The van der Waals surface area contributed by atoms with E-state index in [1.807, 2.05) is 0 Å². The van der Waals surface area contributed by atoms with Gasteiger partial charge in [-0.25, -0.2) is 0 Å². The average molecular weight is 187 g/mol. The lowest BCUT2D eigenvalue weighted by Gasteiger charge is -2.26. The van der Waals surface area contributed by atoms with E-state index in [9.17, 15) is 9.90 Å². The maximum Gasteiger partial charge on any atom is 0.307 e. The highest BCUT2D eigenvalue weighted by molar-refractivity contribution is 5.68. The summed E-state index contributed by atoms with van der Waals surface area (Å²) >= 11 is 0. The predicted molar refractivity (Wildman–Crippen MR) is 50.3 cm³/mol. The lowest BCUT2D eigenvalue weighted by molar-refractivity contribution is -0.136. The molecule has 2 atom stereocenters. The monoisotopic (exact) mass is 187 g/mol. The number of carboxylic acids is 1. The third-order valence-electron chi connectivity index (χ3n) is 1.97. The van der Waals surface area contributed by atoms with Gasteiger partial charge >= 0.3 is 5.97 Å². The molecule has 0 radical (unpaired) electrons. The molecule has 0 spiro atoms. The molecule has 0 aromatic rings. The molecule has 0 fully saturated rings. The number of hydrogen-bond donors (Lipinski definition) is 3. The van der Waals surface area contributed by atoms with Gasteiger partial charge in [0.1, 0.15) is 0 Å². The molecular weight excluding hydrogens is 170 g/mol. The first-order chi connectivity index (χ1) is 5.86. The van der Waals surface area contributed by atoms with Crippen molar-refractivity contribution in [3.63, 3.8) is 0 Å². The fraction of sp³-hybridized carbons (Fsp3) is 0.667. The Morgan fingerprint density at radius 2 is 2.15 bits per heavy atom. The highest BCUT2D eigenvalue weighted by atomic mass is 16.4. The fourth-order valence-corrected chi connectivity index (χ4v) is 0.692. The molecule has 0 aromatic carbocycles. The molecular formula is C9H17NO3. The molecule has 4 heteroatoms. The lowest BCUT2D eigenvalue weighted by Crippen LogP contribution is -2.45. The second-order valence-electron chi connectivity index (χ2n) is 3.46. The van der Waals surface area contributed by atoms with Crippen molar-refractivity contribution in [3.05, 3.63) is 12.2 Å². The van der Waals surface area contributed by atoms with Gasteiger partial charge < -0.3 is 15.9 Å². The van der Waals surface area contributed by atoms with Crippen LogP contribution in [0.25, 0.3) is 0 Å². The van der Waals surface area contributed by atoms with E-state index in [2.05, 4.69) is 0 Å². The molecule has 0 saturated carbocycles. The van der Waals surface area contributed by atoms with Crippen molar-refractivity contribution in [2.75, 3.05) is 0 Å². The van der Waals surface area contributed by atoms with Crippen molar-refractivity contribution in [1.82, 2.24) is 0 Å². The largest absolute Gasteiger partial charge is 0.481 e. The second-order valence-corrected chi connectivity index (χ2v) is 3.46. The zero-order chi connectivity index (χ0) is 10.5. The minimum atomic E-state index is -0.868. The number of hydrogen-bond acceptors (Lipinski definition) is 3. The normalized spacial score (nSPS) is 18.5. The van der Waals surface area contributed by atoms with Gasteiger partial charge in [-0.15, -0.1) is 0 Å². The quantitative estimate of drug-likeness (QED) is 0.547. The smallest absolute Gasteiger partial charge is 0.307 e. The van der Waals surface area contributed by atoms with Crippen LogP contribution in [-0.2, 0) is 4.79 Å². The van der Waals surface area contributed by atoms with Gasteiger partial charge in [0.2, 0.25) is 0 Å². The second kappa shape index (κ2) is 4.99. The van der Waals surface area contributed by atoms with Gasteiger partial charge in [0.25, 0.3) is 0 Å². The van der Waals surface area contributed by atoms with Gasteiger partial charge in [-0.3, -0.25) is 4.79 Å². The maximum absolute atomic E-state index is 10.1. The zero-order valence-corrected chi connectivity index (χ0v) is 8.03. The van der Waals surface area contributed by atoms with Crippen molar-refractivity contribution in [2.24, 2.45) is 5.73 Å². The number of carboxylic acid groups (broad SMARTS) is 1. The van der Waals surface area contributed by atoms with Crippen LogP contribution in [0.4, 0.5) is 0 Å². The van der Waals surface area contributed by atoms with E-state index in [1.165, 1.54) is 6.08 Å². The Hall–Kier alpha value is -0.870. The number of nitrogens with two attached hydrogens (primary N) is 1. The Morgan fingerprint density at radius 1 is 1.62 bits per heavy atom. The van der Waals surface area contributed by atoms with Crippen molar-refractivity contribution in [2.45, 2.75) is 38.3 Å². The van der Waals surface area contributed by atoms with Gasteiger partial charge in [-0.1, -0.05) is 12.2 Å². The van der Waals surface area contributed by atoms with E-state index in [0.29, 0.717) is 6.42 Å². The molecule has 0 amide bonds. The molecule has 0 aliphatic carbocycles. The first-order valence-corrected chi connectivity index (χ1v) is 4.20. The molecule has 0 aromatic heterocycles. The Labute approximate surface area is 78.1 Å². The van der Waals surface area contributed by atoms with Gasteiger partial charge in [0, 0.05) is 5.54 Å². The maximum atomic E-state index is 10.1. The molecule has 4 nitrogen and oxygen atoms in total. The van der Waals surface area contributed by atoms with Crippen LogP contribution in [0.15, 0.2) is 12.2 Å². The summed E-state index contributed by atoms with van der Waals surface area (Å²) in [6.07, 6.45) is 3.08. The summed E-state index contributed by atoms with van der Waals surface area (Å²) in [6.45, 7) is 3.34. The first-order valence-electron chi connectivity index (χ1n) is 4.20. The number of carbonyl (C=O) groups is 1. The molecule has 0 bridgehead atoms. The molecule has 0 aliphatic rings. The summed E-state index contributed by atoms with van der Waals surface area (Å²) in [7, 11) is 0. The standard InChI is InChI=1S/C9H17NO3/c1-7(11)9(2,10)6-4-3-5-8(12)13/h3-4,7,11H,5-6,10H2,1-2H3,(H,12,13)/b4-3+. The Morgan fingerprint density at radius 3 is 2.54 bits per heavy atom. The van der Waals surface area contributed by atoms with E-state index in [-0.39, 0.29) is 6.42 Å². The third-order valence-corrected chi connectivity index (χ3v) is 1.97. The van der Waals surface area contributed by atoms with Crippen LogP contribution in [0.3, 0.4) is 0 Å². The number of aliphatic hydroxyl groups excluding tert-OH is 1. The summed E-state index contributed by atoms with van der Waals surface area (Å²) in [4.78, 5) is 10.1. The van der Waals surface area contributed by atoms with Gasteiger partial charge in [-0.05, 0) is 20.3 Å². The number of aliphatic carboxylic acids is 1. The Kier molecular flexibility index (Phi) is 4.66. The van der Waals surface area contributed by atoms with Crippen LogP contribution in [0.5, 0.6) is 0 Å². The molecule has 0 saturated heterocycles. The summed E-state index contributed by atoms with van der Waals surface area (Å²) in [5, 5.41) is 17.5. The lowest BCUT2D eigenvalue weighted by atomic mass is 9.93. The van der Waals surface area contributed by atoms with E-state index < -0.39 is 17.6 Å². The Balaban J connectivity index is 3.87. The van der Waals surface area contributed by atoms with Crippen LogP contribution < -0.4 is 5.73 Å². The van der Waals surface area contributed by atoms with Crippen molar-refractivity contribution < 1.29 is 15.0 Å². The fourth-order valence-electron chi connectivity index (χ4n) is 0.692. The van der Waals surface area contributed by atoms with Gasteiger partial charge in [-0.2, -0.15) is 0 Å². The highest BCUT2D eigenvalue weighted by Gasteiger charge is 2.22. The van der Waals surface area contributed by atoms with Crippen LogP contribution in [0.1, 0.15) is 26.7 Å². The van der Waals surface area contributed by atoms with Gasteiger partial charge in [0.05, 0.1) is 12.5 Å². The van der Waals surface area contributed by atoms with E-state index in [1.54, 1.807) is 19.9 Å². The summed E-state index contributed by atoms with van der Waals surface area (Å²) < 4.78 is 0. The van der Waals surface area contributed by atoms with Crippen LogP contribution in [-0.4, -0.2) is 27.8 Å².